The molecule has 1 N–H and O–H groups in total. The molecular formula is C22H20N4O. The zero-order chi connectivity index (χ0) is 18.4. The molecule has 5 heteroatoms. The molecule has 2 aromatic carbocycles. The summed E-state index contributed by atoms with van der Waals surface area (Å²) in [5.41, 5.74) is 5.27. The van der Waals surface area contributed by atoms with Crippen LogP contribution in [0.3, 0.4) is 0 Å². The first-order valence-corrected chi connectivity index (χ1v) is 9.25. The van der Waals surface area contributed by atoms with E-state index in [1.54, 1.807) is 6.33 Å². The van der Waals surface area contributed by atoms with Gasteiger partial charge >= 0.3 is 0 Å². The minimum Gasteiger partial charge on any atom is -0.328 e. The minimum absolute atomic E-state index is 0.187. The van der Waals surface area contributed by atoms with Gasteiger partial charge in [-0.05, 0) is 36.0 Å². The number of nitrogens with zero attached hydrogens (tertiary/aromatic N) is 3. The van der Waals surface area contributed by atoms with Crippen molar-refractivity contribution in [2.45, 2.75) is 31.7 Å². The molecule has 2 heterocycles. The monoisotopic (exact) mass is 356 g/mol. The third-order valence-corrected chi connectivity index (χ3v) is 5.62. The molecule has 3 aromatic rings. The number of carbonyl (C=O) groups is 1. The van der Waals surface area contributed by atoms with Gasteiger partial charge in [-0.1, -0.05) is 54.6 Å². The van der Waals surface area contributed by atoms with Gasteiger partial charge in [-0.25, -0.2) is 4.68 Å². The molecule has 0 spiro atoms. The van der Waals surface area contributed by atoms with Crippen molar-refractivity contribution in [3.8, 4) is 0 Å². The summed E-state index contributed by atoms with van der Waals surface area (Å²) in [4.78, 5) is 17.7. The second kappa shape index (κ2) is 6.20. The molecule has 1 aromatic heterocycles. The SMILES string of the molecule is Cc1ccccc1[C@H]1C2=C(C[C@@H](c3ccccc3)CC2=O)Nc2ncnn21. The number of aryl methyl sites for hydroxylation is 1. The number of aromatic nitrogens is 3. The topological polar surface area (TPSA) is 59.8 Å². The number of benzene rings is 2. The van der Waals surface area contributed by atoms with Crippen LogP contribution in [0.1, 0.15) is 41.5 Å². The molecule has 0 bridgehead atoms. The first-order valence-electron chi connectivity index (χ1n) is 9.25. The van der Waals surface area contributed by atoms with Gasteiger partial charge in [0.2, 0.25) is 5.95 Å². The van der Waals surface area contributed by atoms with Crippen LogP contribution in [0.2, 0.25) is 0 Å². The molecule has 1 aliphatic heterocycles. The average molecular weight is 356 g/mol. The van der Waals surface area contributed by atoms with Crippen molar-refractivity contribution in [1.29, 1.82) is 0 Å². The molecule has 0 amide bonds. The second-order valence-electron chi connectivity index (χ2n) is 7.24. The number of anilines is 1. The summed E-state index contributed by atoms with van der Waals surface area (Å²) < 4.78 is 1.84. The van der Waals surface area contributed by atoms with Gasteiger partial charge in [-0.2, -0.15) is 10.1 Å². The van der Waals surface area contributed by atoms with E-state index in [0.717, 1.165) is 28.8 Å². The molecule has 134 valence electrons. The Hall–Kier alpha value is -3.21. The highest BCUT2D eigenvalue weighted by atomic mass is 16.1. The van der Waals surface area contributed by atoms with Crippen LogP contribution in [-0.4, -0.2) is 20.5 Å². The Labute approximate surface area is 157 Å². The van der Waals surface area contributed by atoms with Crippen LogP contribution in [0.5, 0.6) is 0 Å². The largest absolute Gasteiger partial charge is 0.328 e. The minimum atomic E-state index is -0.218. The average Bonchev–Trinajstić information content (AvgIpc) is 3.16. The summed E-state index contributed by atoms with van der Waals surface area (Å²) in [7, 11) is 0. The van der Waals surface area contributed by atoms with Crippen LogP contribution < -0.4 is 5.32 Å². The lowest BCUT2D eigenvalue weighted by Crippen LogP contribution is -2.33. The molecular weight excluding hydrogens is 336 g/mol. The quantitative estimate of drug-likeness (QED) is 0.754. The fraction of sp³-hybridized carbons (Fsp3) is 0.227. The third kappa shape index (κ3) is 2.58. The summed E-state index contributed by atoms with van der Waals surface area (Å²) in [5.74, 6) is 1.08. The highest BCUT2D eigenvalue weighted by molar-refractivity contribution is 6.00. The molecule has 5 rings (SSSR count). The first-order chi connectivity index (χ1) is 13.2. The second-order valence-corrected chi connectivity index (χ2v) is 7.24. The summed E-state index contributed by atoms with van der Waals surface area (Å²) in [5, 5.41) is 7.79. The van der Waals surface area contributed by atoms with E-state index in [4.69, 9.17) is 0 Å². The number of fused-ring (bicyclic) bond motifs is 1. The Kier molecular flexibility index (Phi) is 3.67. The van der Waals surface area contributed by atoms with E-state index < -0.39 is 0 Å². The number of Topliss-reactive ketones (excluding diaryl/α,β-unsaturated/α-hetero) is 1. The molecule has 2 aliphatic rings. The van der Waals surface area contributed by atoms with Gasteiger partial charge in [0, 0.05) is 17.7 Å². The number of nitrogens with one attached hydrogen (secondary N) is 1. The van der Waals surface area contributed by atoms with Crippen LogP contribution in [0.4, 0.5) is 5.95 Å². The highest BCUT2D eigenvalue weighted by Gasteiger charge is 2.39. The predicted molar refractivity (Wildman–Crippen MR) is 103 cm³/mol. The van der Waals surface area contributed by atoms with Crippen LogP contribution in [0.25, 0.3) is 0 Å². The molecule has 0 saturated carbocycles. The lowest BCUT2D eigenvalue weighted by Gasteiger charge is -2.35. The van der Waals surface area contributed by atoms with Gasteiger partial charge < -0.3 is 5.32 Å². The van der Waals surface area contributed by atoms with Crippen molar-refractivity contribution < 1.29 is 4.79 Å². The molecule has 0 unspecified atom stereocenters. The Bertz CT molecular complexity index is 1050. The maximum Gasteiger partial charge on any atom is 0.226 e. The van der Waals surface area contributed by atoms with Crippen LogP contribution >= 0.6 is 0 Å². The molecule has 27 heavy (non-hydrogen) atoms. The number of ketones is 1. The number of hydrogen-bond donors (Lipinski definition) is 1. The van der Waals surface area contributed by atoms with Gasteiger partial charge in [0.05, 0.1) is 0 Å². The predicted octanol–water partition coefficient (Wildman–Crippen LogP) is 4.00. The Morgan fingerprint density at radius 1 is 1.04 bits per heavy atom. The van der Waals surface area contributed by atoms with E-state index in [-0.39, 0.29) is 17.7 Å². The summed E-state index contributed by atoms with van der Waals surface area (Å²) in [6.07, 6.45) is 2.88. The zero-order valence-corrected chi connectivity index (χ0v) is 15.1. The molecule has 0 fully saturated rings. The van der Waals surface area contributed by atoms with E-state index in [2.05, 4.69) is 46.6 Å². The van der Waals surface area contributed by atoms with Gasteiger partial charge in [-0.15, -0.1) is 0 Å². The Morgan fingerprint density at radius 2 is 1.81 bits per heavy atom. The summed E-state index contributed by atoms with van der Waals surface area (Å²) >= 11 is 0. The van der Waals surface area contributed by atoms with Crippen molar-refractivity contribution >= 4 is 11.7 Å². The molecule has 2 atom stereocenters. The van der Waals surface area contributed by atoms with Crippen molar-refractivity contribution in [3.63, 3.8) is 0 Å². The van der Waals surface area contributed by atoms with Gasteiger partial charge in [-0.3, -0.25) is 4.79 Å². The van der Waals surface area contributed by atoms with Crippen molar-refractivity contribution in [2.75, 3.05) is 5.32 Å². The fourth-order valence-corrected chi connectivity index (χ4v) is 4.29. The van der Waals surface area contributed by atoms with E-state index in [9.17, 15) is 4.79 Å². The summed E-state index contributed by atoms with van der Waals surface area (Å²) in [6.45, 7) is 2.08. The smallest absolute Gasteiger partial charge is 0.226 e. The lowest BCUT2D eigenvalue weighted by atomic mass is 9.77. The molecule has 1 aliphatic carbocycles. The first kappa shape index (κ1) is 16.0. The maximum absolute atomic E-state index is 13.3. The molecule has 0 radical (unpaired) electrons. The standard InChI is InChI=1S/C22H20N4O/c1-14-7-5-6-10-17(14)21-20-18(25-22-23-13-24-26(21)22)11-16(12-19(20)27)15-8-3-2-4-9-15/h2-10,13,16,21H,11-12H2,1H3,(H,23,24,25)/t16-,21+/m1/s1. The normalized spacial score (nSPS) is 21.4. The Morgan fingerprint density at radius 3 is 2.63 bits per heavy atom. The van der Waals surface area contributed by atoms with Gasteiger partial charge in [0.15, 0.2) is 5.78 Å². The van der Waals surface area contributed by atoms with Crippen LogP contribution in [0.15, 0.2) is 72.2 Å². The van der Waals surface area contributed by atoms with Gasteiger partial charge in [0.1, 0.15) is 12.4 Å². The van der Waals surface area contributed by atoms with Crippen molar-refractivity contribution in [3.05, 3.63) is 88.9 Å². The van der Waals surface area contributed by atoms with Crippen molar-refractivity contribution in [1.82, 2.24) is 14.8 Å². The van der Waals surface area contributed by atoms with E-state index in [1.807, 2.05) is 35.0 Å². The van der Waals surface area contributed by atoms with E-state index >= 15 is 0 Å². The summed E-state index contributed by atoms with van der Waals surface area (Å²) in [6, 6.07) is 18.3. The van der Waals surface area contributed by atoms with E-state index in [1.165, 1.54) is 5.56 Å². The van der Waals surface area contributed by atoms with Gasteiger partial charge in [0.25, 0.3) is 0 Å². The number of hydrogen-bond acceptors (Lipinski definition) is 4. The van der Waals surface area contributed by atoms with E-state index in [0.29, 0.717) is 12.4 Å². The van der Waals surface area contributed by atoms with Crippen LogP contribution in [-0.2, 0) is 4.79 Å². The highest BCUT2D eigenvalue weighted by Crippen LogP contribution is 2.44. The lowest BCUT2D eigenvalue weighted by molar-refractivity contribution is -0.116. The molecule has 5 nitrogen and oxygen atoms in total. The number of allylic oxidation sites excluding steroid dienone is 2. The Balaban J connectivity index is 1.63. The molecule has 0 saturated heterocycles. The van der Waals surface area contributed by atoms with Crippen LogP contribution in [0, 0.1) is 6.92 Å². The zero-order valence-electron chi connectivity index (χ0n) is 15.1. The number of rotatable bonds is 2. The van der Waals surface area contributed by atoms with Crippen molar-refractivity contribution in [2.24, 2.45) is 0 Å². The fourth-order valence-electron chi connectivity index (χ4n) is 4.29. The number of carbonyl (C=O) groups excluding carboxylic acids is 1. The third-order valence-electron chi connectivity index (χ3n) is 5.62. The maximum atomic E-state index is 13.3.